The predicted molar refractivity (Wildman–Crippen MR) is 195 cm³/mol. The molecule has 1 aromatic heterocycles. The second kappa shape index (κ2) is 16.3. The molecule has 7 amide bonds. The number of nitrogens with zero attached hydrogens (tertiary/aromatic N) is 1. The van der Waals surface area contributed by atoms with E-state index >= 15 is 0 Å². The summed E-state index contributed by atoms with van der Waals surface area (Å²) in [6, 6.07) is 7.49. The molecule has 2 aromatic carbocycles. The summed E-state index contributed by atoms with van der Waals surface area (Å²) in [6.07, 6.45) is 6.95. The smallest absolute Gasteiger partial charge is 0.266 e. The number of halogens is 1. The third-order valence-corrected chi connectivity index (χ3v) is 9.76. The van der Waals surface area contributed by atoms with Crippen LogP contribution >= 0.6 is 0 Å². The van der Waals surface area contributed by atoms with E-state index in [4.69, 9.17) is 4.74 Å². The van der Waals surface area contributed by atoms with Crippen LogP contribution in [0.4, 0.5) is 10.1 Å². The summed E-state index contributed by atoms with van der Waals surface area (Å²) < 4.78 is 19.5. The van der Waals surface area contributed by atoms with Crippen molar-refractivity contribution in [3.63, 3.8) is 0 Å². The number of aryl methyl sites for hydroxylation is 1. The number of aromatic nitrogens is 1. The number of piperidine rings is 1. The van der Waals surface area contributed by atoms with Gasteiger partial charge in [-0.05, 0) is 75.1 Å². The van der Waals surface area contributed by atoms with Crippen LogP contribution in [0.25, 0.3) is 11.6 Å². The number of imide groups is 2. The Balaban J connectivity index is 0.862. The van der Waals surface area contributed by atoms with Gasteiger partial charge in [-0.1, -0.05) is 31.7 Å². The molecule has 3 aromatic rings. The molecule has 1 atom stereocenters. The SMILES string of the molecule is Cc1[nH]c(C=C2C(=O)Nc3ccc(F)cc32)c(C)c1C(=O)NCCCCCCCCNC(=O)COc1cccc2c1C(=O)N(C1CCC(=O)NC1=O)C2=O. The third-order valence-electron chi connectivity index (χ3n) is 9.76. The van der Waals surface area contributed by atoms with Gasteiger partial charge in [0, 0.05) is 42.1 Å². The number of hydrogen-bond donors (Lipinski definition) is 5. The third kappa shape index (κ3) is 7.94. The van der Waals surface area contributed by atoms with Crippen LogP contribution in [0.2, 0.25) is 0 Å². The van der Waals surface area contributed by atoms with Gasteiger partial charge in [-0.15, -0.1) is 0 Å². The van der Waals surface area contributed by atoms with Crippen molar-refractivity contribution in [2.45, 2.75) is 71.3 Å². The van der Waals surface area contributed by atoms with Crippen LogP contribution < -0.4 is 26.0 Å². The quantitative estimate of drug-likeness (QED) is 0.0878. The van der Waals surface area contributed by atoms with E-state index in [2.05, 4.69) is 26.3 Å². The highest BCUT2D eigenvalue weighted by Gasteiger charge is 2.46. The number of carbonyl (C=O) groups is 7. The molecule has 6 rings (SSSR count). The van der Waals surface area contributed by atoms with Gasteiger partial charge in [0.1, 0.15) is 17.6 Å². The molecule has 1 unspecified atom stereocenters. The first kappa shape index (κ1) is 37.6. The Kier molecular flexibility index (Phi) is 11.3. The molecule has 14 nitrogen and oxygen atoms in total. The maximum atomic E-state index is 13.8. The number of unbranched alkanes of at least 4 members (excludes halogenated alkanes) is 5. The van der Waals surface area contributed by atoms with Gasteiger partial charge in [0.15, 0.2) is 6.61 Å². The molecule has 15 heteroatoms. The minimum Gasteiger partial charge on any atom is -0.483 e. The average molecular weight is 741 g/mol. The number of amides is 7. The first-order valence-corrected chi connectivity index (χ1v) is 18.0. The summed E-state index contributed by atoms with van der Waals surface area (Å²) in [5, 5.41) is 10.7. The predicted octanol–water partition coefficient (Wildman–Crippen LogP) is 3.93. The van der Waals surface area contributed by atoms with Crippen LogP contribution in [0.5, 0.6) is 5.75 Å². The van der Waals surface area contributed by atoms with Crippen LogP contribution in [0.15, 0.2) is 36.4 Å². The molecule has 54 heavy (non-hydrogen) atoms. The van der Waals surface area contributed by atoms with Crippen molar-refractivity contribution in [1.29, 1.82) is 0 Å². The number of H-pyrrole nitrogens is 1. The van der Waals surface area contributed by atoms with E-state index in [9.17, 15) is 38.0 Å². The van der Waals surface area contributed by atoms with Gasteiger partial charge in [0.25, 0.3) is 29.5 Å². The molecule has 0 aliphatic carbocycles. The highest BCUT2D eigenvalue weighted by molar-refractivity contribution is 6.35. The lowest BCUT2D eigenvalue weighted by molar-refractivity contribution is -0.136. The van der Waals surface area contributed by atoms with Crippen molar-refractivity contribution in [3.05, 3.63) is 81.4 Å². The topological polar surface area (TPSA) is 196 Å². The molecule has 0 spiro atoms. The standard InChI is InChI=1S/C39H41FN6O8/c1-21-28(19-26-25-18-23(40)12-13-27(25)44-35(26)49)43-22(2)33(21)37(51)42-17-8-6-4-3-5-7-16-41-32(48)20-54-30-11-9-10-24-34(30)39(53)46(38(24)52)29-14-15-31(47)45-36(29)50/h9-13,18-19,29,43H,3-8,14-17,20H2,1-2H3,(H,41,48)(H,42,51)(H,44,49)(H,45,47,50). The summed E-state index contributed by atoms with van der Waals surface area (Å²) in [7, 11) is 0. The fourth-order valence-electron chi connectivity index (χ4n) is 6.98. The maximum absolute atomic E-state index is 13.8. The van der Waals surface area contributed by atoms with Crippen molar-refractivity contribution in [2.75, 3.05) is 25.0 Å². The van der Waals surface area contributed by atoms with Gasteiger partial charge in [-0.3, -0.25) is 43.8 Å². The number of anilines is 1. The van der Waals surface area contributed by atoms with Gasteiger partial charge in [0.2, 0.25) is 11.8 Å². The number of aromatic amines is 1. The number of rotatable bonds is 15. The average Bonchev–Trinajstić information content (AvgIpc) is 3.70. The van der Waals surface area contributed by atoms with E-state index in [0.29, 0.717) is 52.4 Å². The zero-order chi connectivity index (χ0) is 38.5. The minimum absolute atomic E-state index is 0.0108. The summed E-state index contributed by atoms with van der Waals surface area (Å²) in [5.41, 5.74) is 3.88. The van der Waals surface area contributed by atoms with E-state index in [1.807, 2.05) is 0 Å². The first-order chi connectivity index (χ1) is 25.9. The minimum atomic E-state index is -1.10. The summed E-state index contributed by atoms with van der Waals surface area (Å²) in [5.74, 6) is -3.84. The van der Waals surface area contributed by atoms with Crippen LogP contribution in [0.3, 0.4) is 0 Å². The lowest BCUT2D eigenvalue weighted by atomic mass is 10.0. The molecule has 0 saturated carbocycles. The zero-order valence-corrected chi connectivity index (χ0v) is 30.0. The van der Waals surface area contributed by atoms with Gasteiger partial charge in [0.05, 0.1) is 22.3 Å². The number of hydrogen-bond acceptors (Lipinski definition) is 8. The van der Waals surface area contributed by atoms with E-state index in [1.54, 1.807) is 19.9 Å². The Morgan fingerprint density at radius 1 is 0.907 bits per heavy atom. The maximum Gasteiger partial charge on any atom is 0.266 e. The molecule has 3 aliphatic rings. The summed E-state index contributed by atoms with van der Waals surface area (Å²) in [6.45, 7) is 4.18. The van der Waals surface area contributed by atoms with Gasteiger partial charge < -0.3 is 25.7 Å². The summed E-state index contributed by atoms with van der Waals surface area (Å²) >= 11 is 0. The van der Waals surface area contributed by atoms with Crippen molar-refractivity contribution < 1.29 is 42.7 Å². The lowest BCUT2D eigenvalue weighted by Crippen LogP contribution is -2.54. The Hall–Kier alpha value is -6.12. The highest BCUT2D eigenvalue weighted by atomic mass is 19.1. The molecule has 0 bridgehead atoms. The largest absolute Gasteiger partial charge is 0.483 e. The second-order valence-electron chi connectivity index (χ2n) is 13.5. The molecule has 5 N–H and O–H groups in total. The monoisotopic (exact) mass is 740 g/mol. The van der Waals surface area contributed by atoms with E-state index in [-0.39, 0.29) is 54.0 Å². The summed E-state index contributed by atoms with van der Waals surface area (Å²) in [4.78, 5) is 92.1. The van der Waals surface area contributed by atoms with Crippen LogP contribution in [-0.4, -0.2) is 77.0 Å². The van der Waals surface area contributed by atoms with E-state index < -0.39 is 35.5 Å². The van der Waals surface area contributed by atoms with Gasteiger partial charge in [-0.2, -0.15) is 0 Å². The normalized spacial score (nSPS) is 17.0. The second-order valence-corrected chi connectivity index (χ2v) is 13.5. The van der Waals surface area contributed by atoms with Crippen molar-refractivity contribution >= 4 is 58.7 Å². The fraction of sp³-hybridized carbons (Fsp3) is 0.359. The fourth-order valence-corrected chi connectivity index (χ4v) is 6.98. The van der Waals surface area contributed by atoms with Crippen molar-refractivity contribution in [2.24, 2.45) is 0 Å². The number of nitrogens with one attached hydrogen (secondary N) is 5. The molecule has 3 aliphatic heterocycles. The molecule has 1 fully saturated rings. The Morgan fingerprint density at radius 3 is 2.37 bits per heavy atom. The molecule has 282 valence electrons. The van der Waals surface area contributed by atoms with Gasteiger partial charge in [-0.25, -0.2) is 4.39 Å². The Labute approximate surface area is 310 Å². The molecule has 0 radical (unpaired) electrons. The number of ether oxygens (including phenoxy) is 1. The van der Waals surface area contributed by atoms with E-state index in [1.165, 1.54) is 36.4 Å². The Bertz CT molecular complexity index is 2090. The lowest BCUT2D eigenvalue weighted by Gasteiger charge is -2.27. The number of benzene rings is 2. The number of fused-ring (bicyclic) bond motifs is 2. The zero-order valence-electron chi connectivity index (χ0n) is 30.0. The van der Waals surface area contributed by atoms with Crippen molar-refractivity contribution in [3.8, 4) is 5.75 Å². The Morgan fingerprint density at radius 2 is 1.63 bits per heavy atom. The molecular weight excluding hydrogens is 699 g/mol. The highest BCUT2D eigenvalue weighted by Crippen LogP contribution is 2.35. The molecule has 1 saturated heterocycles. The van der Waals surface area contributed by atoms with Crippen LogP contribution in [-0.2, 0) is 19.2 Å². The number of carbonyl (C=O) groups excluding carboxylic acids is 7. The molecular formula is C39H41FN6O8. The first-order valence-electron chi connectivity index (χ1n) is 18.0. The van der Waals surface area contributed by atoms with Crippen molar-refractivity contribution in [1.82, 2.24) is 25.8 Å². The van der Waals surface area contributed by atoms with Crippen LogP contribution in [0, 0.1) is 19.7 Å². The molecule has 4 heterocycles. The van der Waals surface area contributed by atoms with Gasteiger partial charge >= 0.3 is 0 Å². The van der Waals surface area contributed by atoms with E-state index in [0.717, 1.165) is 43.4 Å². The van der Waals surface area contributed by atoms with Crippen LogP contribution in [0.1, 0.15) is 105 Å².